The van der Waals surface area contributed by atoms with Gasteiger partial charge in [0.05, 0.1) is 17.4 Å². The fraction of sp³-hybridized carbons (Fsp3) is 0.280. The third kappa shape index (κ3) is 3.53. The Labute approximate surface area is 184 Å². The van der Waals surface area contributed by atoms with Gasteiger partial charge in [0.2, 0.25) is 0 Å². The molecule has 0 spiro atoms. The zero-order valence-corrected chi connectivity index (χ0v) is 18.0. The van der Waals surface area contributed by atoms with Gasteiger partial charge < -0.3 is 0 Å². The van der Waals surface area contributed by atoms with Crippen molar-refractivity contribution in [2.24, 2.45) is 0 Å². The van der Waals surface area contributed by atoms with Gasteiger partial charge in [0.25, 0.3) is 5.56 Å². The minimum absolute atomic E-state index is 0.124. The molecule has 3 aromatic heterocycles. The normalized spacial score (nSPS) is 11.7. The summed E-state index contributed by atoms with van der Waals surface area (Å²) < 4.78 is 17.0. The summed E-state index contributed by atoms with van der Waals surface area (Å²) in [6.07, 6.45) is 7.17. The maximum atomic E-state index is 13.6. The fourth-order valence-electron chi connectivity index (χ4n) is 4.15. The summed E-state index contributed by atoms with van der Waals surface area (Å²) in [5.41, 5.74) is 3.53. The number of aryl methyl sites for hydroxylation is 1. The Morgan fingerprint density at radius 1 is 0.875 bits per heavy atom. The first-order chi connectivity index (χ1) is 15.7. The predicted octanol–water partition coefficient (Wildman–Crippen LogP) is 5.39. The van der Waals surface area contributed by atoms with Crippen LogP contribution < -0.4 is 5.56 Å². The average Bonchev–Trinajstić information content (AvgIpc) is 3.13. The van der Waals surface area contributed by atoms with Crippen molar-refractivity contribution < 1.29 is 4.39 Å². The molecule has 0 saturated heterocycles. The first kappa shape index (κ1) is 20.3. The van der Waals surface area contributed by atoms with E-state index in [4.69, 9.17) is 9.97 Å². The highest BCUT2D eigenvalue weighted by Crippen LogP contribution is 2.28. The van der Waals surface area contributed by atoms with Crippen molar-refractivity contribution in [3.05, 3.63) is 71.0 Å². The largest absolute Gasteiger partial charge is 0.299 e. The summed E-state index contributed by atoms with van der Waals surface area (Å²) in [4.78, 5) is 27.7. The maximum Gasteiger partial charge on any atom is 0.265 e. The highest BCUT2D eigenvalue weighted by atomic mass is 19.1. The van der Waals surface area contributed by atoms with E-state index in [2.05, 4.69) is 11.9 Å². The molecule has 0 aliphatic carbocycles. The van der Waals surface area contributed by atoms with E-state index in [0.29, 0.717) is 39.9 Å². The number of hydrogen-bond donors (Lipinski definition) is 0. The molecule has 0 radical (unpaired) electrons. The van der Waals surface area contributed by atoms with Gasteiger partial charge in [-0.25, -0.2) is 19.3 Å². The highest BCUT2D eigenvalue weighted by molar-refractivity contribution is 6.05. The molecule has 0 saturated carbocycles. The molecule has 5 rings (SSSR count). The first-order valence-corrected chi connectivity index (χ1v) is 11.1. The van der Waals surface area contributed by atoms with Crippen LogP contribution in [0.4, 0.5) is 4.39 Å². The Morgan fingerprint density at radius 2 is 1.59 bits per heavy atom. The number of unbranched alkanes of at least 4 members (excludes halogenated alkanes) is 4. The summed E-state index contributed by atoms with van der Waals surface area (Å²) in [5.74, 6) is -0.329. The summed E-state index contributed by atoms with van der Waals surface area (Å²) in [6.45, 7) is 2.81. The maximum absolute atomic E-state index is 13.6. The Hall–Kier alpha value is -3.61. The van der Waals surface area contributed by atoms with Crippen LogP contribution in [0.25, 0.3) is 38.9 Å². The van der Waals surface area contributed by atoms with Crippen molar-refractivity contribution in [2.45, 2.75) is 45.6 Å². The molecule has 2 aromatic carbocycles. The summed E-state index contributed by atoms with van der Waals surface area (Å²) in [6, 6.07) is 13.7. The lowest BCUT2D eigenvalue weighted by molar-refractivity contribution is 0.556. The summed E-state index contributed by atoms with van der Waals surface area (Å²) in [5, 5.41) is 0.443. The van der Waals surface area contributed by atoms with Gasteiger partial charge in [-0.05, 0) is 42.8 Å². The summed E-state index contributed by atoms with van der Waals surface area (Å²) >= 11 is 0. The SMILES string of the molecule is CCCCCCCn1cnc2c(c1=O)c1nc3ccccc3nc1n2-c1ccc(F)cc1. The van der Waals surface area contributed by atoms with Gasteiger partial charge in [0, 0.05) is 12.2 Å². The third-order valence-electron chi connectivity index (χ3n) is 5.82. The molecule has 7 heteroatoms. The van der Waals surface area contributed by atoms with Gasteiger partial charge >= 0.3 is 0 Å². The monoisotopic (exact) mass is 429 g/mol. The van der Waals surface area contributed by atoms with E-state index in [1.807, 2.05) is 24.3 Å². The molecule has 5 aromatic rings. The quantitative estimate of drug-likeness (QED) is 0.325. The third-order valence-corrected chi connectivity index (χ3v) is 5.82. The molecule has 162 valence electrons. The van der Waals surface area contributed by atoms with E-state index < -0.39 is 0 Å². The van der Waals surface area contributed by atoms with E-state index in [-0.39, 0.29) is 11.4 Å². The zero-order chi connectivity index (χ0) is 22.1. The van der Waals surface area contributed by atoms with Crippen LogP contribution >= 0.6 is 0 Å². The van der Waals surface area contributed by atoms with Crippen LogP contribution in [0.15, 0.2) is 59.7 Å². The van der Waals surface area contributed by atoms with Crippen LogP contribution in [0.5, 0.6) is 0 Å². The van der Waals surface area contributed by atoms with Gasteiger partial charge in [-0.1, -0.05) is 44.7 Å². The van der Waals surface area contributed by atoms with Crippen LogP contribution in [-0.4, -0.2) is 24.1 Å². The van der Waals surface area contributed by atoms with E-state index >= 15 is 0 Å². The number of benzene rings is 2. The van der Waals surface area contributed by atoms with Crippen molar-refractivity contribution >= 4 is 33.2 Å². The molecule has 0 unspecified atom stereocenters. The lowest BCUT2D eigenvalue weighted by Crippen LogP contribution is -2.20. The topological polar surface area (TPSA) is 65.6 Å². The molecule has 0 aliphatic heterocycles. The van der Waals surface area contributed by atoms with Crippen LogP contribution in [0.2, 0.25) is 0 Å². The smallest absolute Gasteiger partial charge is 0.265 e. The van der Waals surface area contributed by atoms with Crippen LogP contribution in [0.1, 0.15) is 39.0 Å². The second kappa shape index (κ2) is 8.49. The Bertz CT molecular complexity index is 1470. The van der Waals surface area contributed by atoms with Crippen LogP contribution in [0, 0.1) is 5.82 Å². The molecule has 0 bridgehead atoms. The Morgan fingerprint density at radius 3 is 2.34 bits per heavy atom. The molecule has 0 aliphatic rings. The molecule has 0 atom stereocenters. The van der Waals surface area contributed by atoms with E-state index in [1.54, 1.807) is 27.6 Å². The standard InChI is InChI=1S/C25H24FN5O/c1-2-3-4-5-8-15-30-16-27-23-21(25(30)32)22-24(29-20-10-7-6-9-19(20)28-22)31(23)18-13-11-17(26)12-14-18/h6-7,9-14,16H,2-5,8,15H2,1H3. The number of para-hydroxylation sites is 2. The number of nitrogens with zero attached hydrogens (tertiary/aromatic N) is 5. The van der Waals surface area contributed by atoms with Crippen molar-refractivity contribution in [1.29, 1.82) is 0 Å². The first-order valence-electron chi connectivity index (χ1n) is 11.1. The fourth-order valence-corrected chi connectivity index (χ4v) is 4.15. The number of aromatic nitrogens is 5. The lowest BCUT2D eigenvalue weighted by atomic mass is 10.1. The summed E-state index contributed by atoms with van der Waals surface area (Å²) in [7, 11) is 0. The number of rotatable bonds is 7. The van der Waals surface area contributed by atoms with Gasteiger partial charge in [0.15, 0.2) is 11.3 Å². The highest BCUT2D eigenvalue weighted by Gasteiger charge is 2.20. The molecular formula is C25H24FN5O. The van der Waals surface area contributed by atoms with E-state index in [0.717, 1.165) is 18.4 Å². The second-order valence-corrected chi connectivity index (χ2v) is 8.05. The Balaban J connectivity index is 1.72. The van der Waals surface area contributed by atoms with Crippen molar-refractivity contribution in [3.63, 3.8) is 0 Å². The van der Waals surface area contributed by atoms with Crippen LogP contribution in [-0.2, 0) is 6.54 Å². The van der Waals surface area contributed by atoms with E-state index in [1.165, 1.54) is 31.4 Å². The molecule has 6 nitrogen and oxygen atoms in total. The predicted molar refractivity (Wildman–Crippen MR) is 125 cm³/mol. The van der Waals surface area contributed by atoms with Crippen LogP contribution in [0.3, 0.4) is 0 Å². The molecule has 32 heavy (non-hydrogen) atoms. The molecule has 0 amide bonds. The molecule has 0 fully saturated rings. The molecule has 3 heterocycles. The van der Waals surface area contributed by atoms with Gasteiger partial charge in [0.1, 0.15) is 16.7 Å². The average molecular weight is 429 g/mol. The number of fused-ring (bicyclic) bond motifs is 4. The Kier molecular flexibility index (Phi) is 5.39. The molecule has 0 N–H and O–H groups in total. The zero-order valence-electron chi connectivity index (χ0n) is 18.0. The lowest BCUT2D eigenvalue weighted by Gasteiger charge is -2.08. The van der Waals surface area contributed by atoms with Gasteiger partial charge in [-0.15, -0.1) is 0 Å². The van der Waals surface area contributed by atoms with E-state index in [9.17, 15) is 9.18 Å². The second-order valence-electron chi connectivity index (χ2n) is 8.05. The van der Waals surface area contributed by atoms with Gasteiger partial charge in [-0.3, -0.25) is 13.9 Å². The van der Waals surface area contributed by atoms with Gasteiger partial charge in [-0.2, -0.15) is 0 Å². The van der Waals surface area contributed by atoms with Crippen molar-refractivity contribution in [1.82, 2.24) is 24.1 Å². The number of halogens is 1. The van der Waals surface area contributed by atoms with Crippen molar-refractivity contribution in [2.75, 3.05) is 0 Å². The minimum Gasteiger partial charge on any atom is -0.299 e. The molecular weight excluding hydrogens is 405 g/mol. The minimum atomic E-state index is -0.329. The number of hydrogen-bond acceptors (Lipinski definition) is 4. The van der Waals surface area contributed by atoms with Crippen molar-refractivity contribution in [3.8, 4) is 5.69 Å².